The molecule has 10 nitrogen and oxygen atoms in total. The third-order valence-electron chi connectivity index (χ3n) is 5.03. The van der Waals surface area contributed by atoms with Crippen molar-refractivity contribution in [2.75, 3.05) is 7.11 Å². The highest BCUT2D eigenvalue weighted by atomic mass is 16.5. The summed E-state index contributed by atoms with van der Waals surface area (Å²) in [5.74, 6) is -0.922. The number of pyridine rings is 2. The van der Waals surface area contributed by atoms with Gasteiger partial charge in [-0.2, -0.15) is 0 Å². The Kier molecular flexibility index (Phi) is 6.07. The number of amides is 1. The molecule has 0 aliphatic carbocycles. The molecular formula is C23H19N5O5. The molecule has 4 rings (SSSR count). The molecule has 0 atom stereocenters. The van der Waals surface area contributed by atoms with E-state index in [2.05, 4.69) is 20.3 Å². The Balaban J connectivity index is 1.56. The quantitative estimate of drug-likeness (QED) is 0.440. The van der Waals surface area contributed by atoms with Crippen LogP contribution in [-0.2, 0) is 13.1 Å². The molecule has 166 valence electrons. The predicted octanol–water partition coefficient (Wildman–Crippen LogP) is 1.87. The van der Waals surface area contributed by atoms with E-state index in [1.807, 2.05) is 0 Å². The number of nitrogens with zero attached hydrogens (tertiary/aromatic N) is 4. The normalized spacial score (nSPS) is 10.7. The van der Waals surface area contributed by atoms with Gasteiger partial charge in [0.2, 0.25) is 0 Å². The van der Waals surface area contributed by atoms with Gasteiger partial charge >= 0.3 is 5.97 Å². The minimum Gasteiger partial charge on any atom is -0.495 e. The first-order chi connectivity index (χ1) is 16.0. The van der Waals surface area contributed by atoms with Crippen LogP contribution >= 0.6 is 0 Å². The fraction of sp³-hybridized carbons (Fsp3) is 0.130. The Morgan fingerprint density at radius 1 is 1.12 bits per heavy atom. The Hall–Kier alpha value is -4.60. The number of hydrogen-bond donors (Lipinski definition) is 2. The number of carbonyl (C=O) groups excluding carboxylic acids is 1. The first-order valence-corrected chi connectivity index (χ1v) is 9.89. The summed E-state index contributed by atoms with van der Waals surface area (Å²) < 4.78 is 6.62. The number of hydrogen-bond acceptors (Lipinski definition) is 7. The van der Waals surface area contributed by atoms with E-state index in [4.69, 9.17) is 9.84 Å². The van der Waals surface area contributed by atoms with Crippen LogP contribution in [0.3, 0.4) is 0 Å². The third-order valence-corrected chi connectivity index (χ3v) is 5.03. The highest BCUT2D eigenvalue weighted by Crippen LogP contribution is 2.15. The molecule has 0 radical (unpaired) electrons. The SMILES string of the molecule is COc1cnccc1CNC(=O)c1cc2c(=O)n(Cc3ccc(C(=O)O)cc3)cnc2cn1. The number of nitrogens with one attached hydrogen (secondary N) is 1. The number of rotatable bonds is 7. The van der Waals surface area contributed by atoms with Crippen molar-refractivity contribution in [3.63, 3.8) is 0 Å². The van der Waals surface area contributed by atoms with E-state index in [1.54, 1.807) is 30.6 Å². The first-order valence-electron chi connectivity index (χ1n) is 9.89. The van der Waals surface area contributed by atoms with E-state index in [0.717, 1.165) is 11.1 Å². The van der Waals surface area contributed by atoms with Crippen molar-refractivity contribution >= 4 is 22.8 Å². The molecule has 0 spiro atoms. The minimum absolute atomic E-state index is 0.0815. The van der Waals surface area contributed by atoms with Gasteiger partial charge in [-0.15, -0.1) is 0 Å². The number of carboxylic acid groups (broad SMARTS) is 1. The zero-order chi connectivity index (χ0) is 23.4. The van der Waals surface area contributed by atoms with E-state index in [9.17, 15) is 14.4 Å². The summed E-state index contributed by atoms with van der Waals surface area (Å²) in [6.07, 6.45) is 5.93. The highest BCUT2D eigenvalue weighted by molar-refractivity contribution is 5.95. The summed E-state index contributed by atoms with van der Waals surface area (Å²) in [5.41, 5.74) is 1.76. The van der Waals surface area contributed by atoms with E-state index in [1.165, 1.54) is 42.4 Å². The van der Waals surface area contributed by atoms with Crippen LogP contribution in [0.25, 0.3) is 10.9 Å². The van der Waals surface area contributed by atoms with Gasteiger partial charge in [0.15, 0.2) is 0 Å². The number of methoxy groups -OCH3 is 1. The molecule has 3 aromatic heterocycles. The molecule has 0 bridgehead atoms. The maximum atomic E-state index is 13.0. The van der Waals surface area contributed by atoms with Crippen LogP contribution < -0.4 is 15.6 Å². The molecule has 33 heavy (non-hydrogen) atoms. The van der Waals surface area contributed by atoms with E-state index in [-0.39, 0.29) is 35.3 Å². The summed E-state index contributed by atoms with van der Waals surface area (Å²) in [6, 6.07) is 9.37. The second-order valence-corrected chi connectivity index (χ2v) is 7.14. The molecule has 0 aliphatic rings. The average Bonchev–Trinajstić information content (AvgIpc) is 2.84. The lowest BCUT2D eigenvalue weighted by Gasteiger charge is -2.10. The summed E-state index contributed by atoms with van der Waals surface area (Å²) in [6.45, 7) is 0.404. The molecule has 1 aromatic carbocycles. The fourth-order valence-corrected chi connectivity index (χ4v) is 3.25. The molecule has 3 heterocycles. The highest BCUT2D eigenvalue weighted by Gasteiger charge is 2.13. The Morgan fingerprint density at radius 2 is 1.91 bits per heavy atom. The zero-order valence-corrected chi connectivity index (χ0v) is 17.6. The molecule has 0 saturated heterocycles. The standard InChI is InChI=1S/C23H19N5O5/c1-33-20-11-24-7-6-16(20)9-26-21(29)18-8-17-19(10-25-18)27-13-28(22(17)30)12-14-2-4-15(5-3-14)23(31)32/h2-8,10-11,13H,9,12H2,1H3,(H,26,29)(H,31,32). The van der Waals surface area contributed by atoms with Gasteiger partial charge in [0.1, 0.15) is 11.4 Å². The van der Waals surface area contributed by atoms with Gasteiger partial charge in [-0.1, -0.05) is 12.1 Å². The number of ether oxygens (including phenoxy) is 1. The van der Waals surface area contributed by atoms with Crippen molar-refractivity contribution in [1.82, 2.24) is 24.8 Å². The summed E-state index contributed by atoms with van der Waals surface area (Å²) in [5, 5.41) is 12.0. The molecule has 0 aliphatic heterocycles. The van der Waals surface area contributed by atoms with Gasteiger partial charge in [0.05, 0.1) is 48.8 Å². The lowest BCUT2D eigenvalue weighted by atomic mass is 10.1. The molecule has 2 N–H and O–H groups in total. The van der Waals surface area contributed by atoms with Gasteiger partial charge in [0.25, 0.3) is 11.5 Å². The monoisotopic (exact) mass is 445 g/mol. The van der Waals surface area contributed by atoms with Gasteiger partial charge in [-0.25, -0.2) is 14.8 Å². The van der Waals surface area contributed by atoms with E-state index in [0.29, 0.717) is 11.3 Å². The number of aromatic nitrogens is 4. The van der Waals surface area contributed by atoms with Gasteiger partial charge < -0.3 is 15.2 Å². The third kappa shape index (κ3) is 4.69. The summed E-state index contributed by atoms with van der Waals surface area (Å²) in [7, 11) is 1.52. The number of aromatic carboxylic acids is 1. The molecule has 4 aromatic rings. The van der Waals surface area contributed by atoms with E-state index < -0.39 is 11.9 Å². The van der Waals surface area contributed by atoms with Crippen molar-refractivity contribution in [2.24, 2.45) is 0 Å². The van der Waals surface area contributed by atoms with Crippen LogP contribution in [0.2, 0.25) is 0 Å². The predicted molar refractivity (Wildman–Crippen MR) is 118 cm³/mol. The lowest BCUT2D eigenvalue weighted by Crippen LogP contribution is -2.25. The maximum Gasteiger partial charge on any atom is 0.335 e. The zero-order valence-electron chi connectivity index (χ0n) is 17.6. The number of carbonyl (C=O) groups is 2. The maximum absolute atomic E-state index is 13.0. The van der Waals surface area contributed by atoms with Gasteiger partial charge in [-0.3, -0.25) is 19.1 Å². The first kappa shape index (κ1) is 21.6. The van der Waals surface area contributed by atoms with Crippen LogP contribution in [0, 0.1) is 0 Å². The van der Waals surface area contributed by atoms with Crippen LogP contribution in [0.1, 0.15) is 32.0 Å². The number of benzene rings is 1. The molecular weight excluding hydrogens is 426 g/mol. The van der Waals surface area contributed by atoms with E-state index >= 15 is 0 Å². The Bertz CT molecular complexity index is 1400. The second-order valence-electron chi connectivity index (χ2n) is 7.14. The largest absolute Gasteiger partial charge is 0.495 e. The van der Waals surface area contributed by atoms with Crippen molar-refractivity contribution in [1.29, 1.82) is 0 Å². The van der Waals surface area contributed by atoms with Crippen LogP contribution in [0.15, 0.2) is 66.1 Å². The summed E-state index contributed by atoms with van der Waals surface area (Å²) >= 11 is 0. The fourth-order valence-electron chi connectivity index (χ4n) is 3.25. The van der Waals surface area contributed by atoms with Crippen LogP contribution in [0.4, 0.5) is 0 Å². The smallest absolute Gasteiger partial charge is 0.335 e. The molecule has 0 unspecified atom stereocenters. The van der Waals surface area contributed by atoms with Crippen LogP contribution in [-0.4, -0.2) is 43.6 Å². The lowest BCUT2D eigenvalue weighted by molar-refractivity contribution is 0.0696. The second kappa shape index (κ2) is 9.27. The van der Waals surface area contributed by atoms with Gasteiger partial charge in [-0.05, 0) is 29.8 Å². The topological polar surface area (TPSA) is 136 Å². The molecule has 10 heteroatoms. The number of carboxylic acids is 1. The average molecular weight is 445 g/mol. The van der Waals surface area contributed by atoms with Crippen LogP contribution in [0.5, 0.6) is 5.75 Å². The van der Waals surface area contributed by atoms with Gasteiger partial charge in [0, 0.05) is 18.3 Å². The molecule has 1 amide bonds. The molecule has 0 saturated carbocycles. The molecule has 0 fully saturated rings. The van der Waals surface area contributed by atoms with Crippen molar-refractivity contribution in [2.45, 2.75) is 13.1 Å². The van der Waals surface area contributed by atoms with Crippen molar-refractivity contribution < 1.29 is 19.4 Å². The Labute approximate surface area is 187 Å². The number of fused-ring (bicyclic) bond motifs is 1. The summed E-state index contributed by atoms with van der Waals surface area (Å²) in [4.78, 5) is 49.0. The van der Waals surface area contributed by atoms with Crippen molar-refractivity contribution in [3.05, 3.63) is 94.1 Å². The van der Waals surface area contributed by atoms with Crippen molar-refractivity contribution in [3.8, 4) is 5.75 Å². The Morgan fingerprint density at radius 3 is 2.64 bits per heavy atom. The minimum atomic E-state index is -1.02.